The highest BCUT2D eigenvalue weighted by atomic mass is 19.4. The molecule has 0 saturated heterocycles. The highest BCUT2D eigenvalue weighted by Crippen LogP contribution is 2.31. The summed E-state index contributed by atoms with van der Waals surface area (Å²) in [5, 5.41) is 3.76. The van der Waals surface area contributed by atoms with E-state index in [9.17, 15) is 13.2 Å². The van der Waals surface area contributed by atoms with Crippen molar-refractivity contribution in [1.29, 1.82) is 0 Å². The van der Waals surface area contributed by atoms with Crippen LogP contribution in [0.4, 0.5) is 19.0 Å². The number of aromatic nitrogens is 3. The molecule has 0 radical (unpaired) electrons. The minimum atomic E-state index is -4.37. The summed E-state index contributed by atoms with van der Waals surface area (Å²) in [7, 11) is 1.75. The zero-order valence-corrected chi connectivity index (χ0v) is 13.6. The van der Waals surface area contributed by atoms with Crippen molar-refractivity contribution in [2.75, 3.05) is 11.9 Å². The molecule has 25 heavy (non-hydrogen) atoms. The maximum atomic E-state index is 12.9. The van der Waals surface area contributed by atoms with Crippen LogP contribution >= 0.6 is 0 Å². The molecule has 5 nitrogen and oxygen atoms in total. The van der Waals surface area contributed by atoms with E-state index < -0.39 is 11.7 Å². The summed E-state index contributed by atoms with van der Waals surface area (Å²) in [4.78, 5) is 10.2. The number of hydrogen-bond acceptors (Lipinski definition) is 5. The van der Waals surface area contributed by atoms with Crippen LogP contribution in [0.3, 0.4) is 0 Å². The lowest BCUT2D eigenvalue weighted by Gasteiger charge is -2.20. The summed E-state index contributed by atoms with van der Waals surface area (Å²) >= 11 is 0. The maximum Gasteiger partial charge on any atom is 0.416 e. The number of nitrogens with zero attached hydrogens (tertiary/aromatic N) is 4. The summed E-state index contributed by atoms with van der Waals surface area (Å²) in [6.45, 7) is 1.95. The number of anilines is 1. The van der Waals surface area contributed by atoms with E-state index in [1.165, 1.54) is 6.07 Å². The molecule has 0 amide bonds. The molecule has 0 atom stereocenters. The Hall–Kier alpha value is -2.90. The van der Waals surface area contributed by atoms with Gasteiger partial charge in [-0.15, -0.1) is 0 Å². The molecule has 3 aromatic rings. The van der Waals surface area contributed by atoms with Gasteiger partial charge in [0.05, 0.1) is 11.1 Å². The highest BCUT2D eigenvalue weighted by molar-refractivity contribution is 5.69. The van der Waals surface area contributed by atoms with Gasteiger partial charge >= 0.3 is 6.18 Å². The maximum absolute atomic E-state index is 12.9. The van der Waals surface area contributed by atoms with Crippen LogP contribution in [-0.4, -0.2) is 22.2 Å². The van der Waals surface area contributed by atoms with Crippen molar-refractivity contribution >= 4 is 5.82 Å². The SMILES string of the molecule is Cc1noc(-c2cccnc2N(C)Cc2cccc(C(F)(F)F)c2)n1. The van der Waals surface area contributed by atoms with Gasteiger partial charge in [0, 0.05) is 19.8 Å². The molecule has 0 N–H and O–H groups in total. The molecule has 3 rings (SSSR count). The second-order valence-corrected chi connectivity index (χ2v) is 5.58. The van der Waals surface area contributed by atoms with Gasteiger partial charge in [-0.05, 0) is 36.8 Å². The predicted molar refractivity (Wildman–Crippen MR) is 85.8 cm³/mol. The van der Waals surface area contributed by atoms with Crippen LogP contribution < -0.4 is 4.90 Å². The molecule has 0 aliphatic heterocycles. The summed E-state index contributed by atoms with van der Waals surface area (Å²) in [5.41, 5.74) is 0.473. The Labute approximate surface area is 142 Å². The van der Waals surface area contributed by atoms with Crippen LogP contribution in [0.2, 0.25) is 0 Å². The molecule has 130 valence electrons. The van der Waals surface area contributed by atoms with E-state index >= 15 is 0 Å². The van der Waals surface area contributed by atoms with E-state index in [-0.39, 0.29) is 6.54 Å². The van der Waals surface area contributed by atoms with Crippen LogP contribution in [0.15, 0.2) is 47.1 Å². The second kappa shape index (κ2) is 6.54. The van der Waals surface area contributed by atoms with Crippen LogP contribution in [0.5, 0.6) is 0 Å². The van der Waals surface area contributed by atoms with Gasteiger partial charge < -0.3 is 9.42 Å². The quantitative estimate of drug-likeness (QED) is 0.711. The summed E-state index contributed by atoms with van der Waals surface area (Å²) in [6.07, 6.45) is -2.77. The van der Waals surface area contributed by atoms with Gasteiger partial charge in [-0.2, -0.15) is 18.2 Å². The molecule has 0 unspecified atom stereocenters. The van der Waals surface area contributed by atoms with Gasteiger partial charge in [-0.25, -0.2) is 4.98 Å². The van der Waals surface area contributed by atoms with E-state index in [4.69, 9.17) is 4.52 Å². The normalized spacial score (nSPS) is 11.6. The van der Waals surface area contributed by atoms with Gasteiger partial charge in [0.15, 0.2) is 5.82 Å². The molecule has 2 heterocycles. The molecule has 8 heteroatoms. The van der Waals surface area contributed by atoms with Gasteiger partial charge in [0.2, 0.25) is 0 Å². The van der Waals surface area contributed by atoms with Crippen molar-refractivity contribution in [2.45, 2.75) is 19.6 Å². The fourth-order valence-electron chi connectivity index (χ4n) is 2.47. The molecule has 0 aliphatic rings. The molecular weight excluding hydrogens is 333 g/mol. The number of rotatable bonds is 4. The fourth-order valence-corrected chi connectivity index (χ4v) is 2.47. The third-order valence-electron chi connectivity index (χ3n) is 3.58. The highest BCUT2D eigenvalue weighted by Gasteiger charge is 2.30. The topological polar surface area (TPSA) is 55.1 Å². The van der Waals surface area contributed by atoms with Crippen molar-refractivity contribution < 1.29 is 17.7 Å². The smallest absolute Gasteiger partial charge is 0.355 e. The van der Waals surface area contributed by atoms with E-state index in [2.05, 4.69) is 15.1 Å². The second-order valence-electron chi connectivity index (χ2n) is 5.58. The summed E-state index contributed by atoms with van der Waals surface area (Å²) < 4.78 is 43.8. The molecule has 0 bridgehead atoms. The van der Waals surface area contributed by atoms with E-state index in [1.54, 1.807) is 43.3 Å². The first-order valence-corrected chi connectivity index (χ1v) is 7.47. The number of pyridine rings is 1. The van der Waals surface area contributed by atoms with Crippen molar-refractivity contribution in [3.8, 4) is 11.5 Å². The number of hydrogen-bond donors (Lipinski definition) is 0. The van der Waals surface area contributed by atoms with Crippen molar-refractivity contribution in [2.24, 2.45) is 0 Å². The van der Waals surface area contributed by atoms with Crippen LogP contribution in [0, 0.1) is 6.92 Å². The number of halogens is 3. The van der Waals surface area contributed by atoms with Crippen molar-refractivity contribution in [3.63, 3.8) is 0 Å². The zero-order valence-electron chi connectivity index (χ0n) is 13.6. The van der Waals surface area contributed by atoms with Crippen LogP contribution in [0.1, 0.15) is 17.0 Å². The largest absolute Gasteiger partial charge is 0.416 e. The van der Waals surface area contributed by atoms with Crippen molar-refractivity contribution in [3.05, 3.63) is 59.5 Å². The summed E-state index contributed by atoms with van der Waals surface area (Å²) in [6, 6.07) is 8.74. The van der Waals surface area contributed by atoms with Gasteiger partial charge in [0.25, 0.3) is 5.89 Å². The first-order chi connectivity index (χ1) is 11.8. The van der Waals surface area contributed by atoms with E-state index in [0.717, 1.165) is 12.1 Å². The van der Waals surface area contributed by atoms with Gasteiger partial charge in [0.1, 0.15) is 5.82 Å². The molecule has 0 saturated carbocycles. The molecule has 2 aromatic heterocycles. The standard InChI is InChI=1S/C17H15F3N4O/c1-11-22-16(25-23-11)14-7-4-8-21-15(14)24(2)10-12-5-3-6-13(9-12)17(18,19)20/h3-9H,10H2,1-2H3. The zero-order chi connectivity index (χ0) is 18.0. The Balaban J connectivity index is 1.89. The lowest BCUT2D eigenvalue weighted by molar-refractivity contribution is -0.137. The first kappa shape index (κ1) is 16.9. The Morgan fingerprint density at radius 2 is 1.96 bits per heavy atom. The Bertz CT molecular complexity index is 876. The number of alkyl halides is 3. The minimum absolute atomic E-state index is 0.251. The molecule has 0 aliphatic carbocycles. The Kier molecular flexibility index (Phi) is 4.43. The minimum Gasteiger partial charge on any atom is -0.355 e. The summed E-state index contributed by atoms with van der Waals surface area (Å²) in [5.74, 6) is 1.35. The van der Waals surface area contributed by atoms with Gasteiger partial charge in [-0.1, -0.05) is 17.3 Å². The monoisotopic (exact) mass is 348 g/mol. The first-order valence-electron chi connectivity index (χ1n) is 7.47. The fraction of sp³-hybridized carbons (Fsp3) is 0.235. The lowest BCUT2D eigenvalue weighted by Crippen LogP contribution is -2.19. The lowest BCUT2D eigenvalue weighted by atomic mass is 10.1. The Morgan fingerprint density at radius 3 is 2.64 bits per heavy atom. The molecule has 0 fully saturated rings. The van der Waals surface area contributed by atoms with Crippen LogP contribution in [0.25, 0.3) is 11.5 Å². The average Bonchev–Trinajstić information content (AvgIpc) is 3.01. The number of aryl methyl sites for hydroxylation is 1. The average molecular weight is 348 g/mol. The Morgan fingerprint density at radius 1 is 1.16 bits per heavy atom. The van der Waals surface area contributed by atoms with Gasteiger partial charge in [-0.3, -0.25) is 0 Å². The third kappa shape index (κ3) is 3.78. The van der Waals surface area contributed by atoms with Crippen LogP contribution in [-0.2, 0) is 12.7 Å². The molecule has 0 spiro atoms. The van der Waals surface area contributed by atoms with E-state index in [0.29, 0.717) is 28.7 Å². The predicted octanol–water partition coefficient (Wildman–Crippen LogP) is 4.10. The molecule has 1 aromatic carbocycles. The third-order valence-corrected chi connectivity index (χ3v) is 3.58. The molecular formula is C17H15F3N4O. The van der Waals surface area contributed by atoms with E-state index in [1.807, 2.05) is 0 Å². The van der Waals surface area contributed by atoms with Crippen molar-refractivity contribution in [1.82, 2.24) is 15.1 Å². The number of benzene rings is 1.